The summed E-state index contributed by atoms with van der Waals surface area (Å²) < 4.78 is 24.5. The molecule has 2 aromatic rings. The van der Waals surface area contributed by atoms with Gasteiger partial charge in [0, 0.05) is 28.7 Å². The zero-order valence-electron chi connectivity index (χ0n) is 16.4. The molecule has 0 saturated carbocycles. The number of ether oxygens (including phenoxy) is 2. The average molecular weight is 392 g/mol. The summed E-state index contributed by atoms with van der Waals surface area (Å²) in [7, 11) is 0. The second-order valence-electron chi connectivity index (χ2n) is 6.36. The Morgan fingerprint density at radius 3 is 2.24 bits per heavy atom. The SMILES string of the molecule is C=C(C)C(=O)OCCC#Cc1ccc(-c2ccc(OC(=O)C(=C)C)cc2)c(F)c1. The van der Waals surface area contributed by atoms with E-state index < -0.39 is 17.8 Å². The van der Waals surface area contributed by atoms with Gasteiger partial charge < -0.3 is 9.47 Å². The summed E-state index contributed by atoms with van der Waals surface area (Å²) >= 11 is 0. The van der Waals surface area contributed by atoms with Gasteiger partial charge in [0.15, 0.2) is 0 Å². The van der Waals surface area contributed by atoms with Crippen LogP contribution in [0.4, 0.5) is 4.39 Å². The van der Waals surface area contributed by atoms with Crippen molar-refractivity contribution in [2.75, 3.05) is 6.61 Å². The molecule has 2 aromatic carbocycles. The molecule has 0 bridgehead atoms. The monoisotopic (exact) mass is 392 g/mol. The van der Waals surface area contributed by atoms with Crippen molar-refractivity contribution in [3.8, 4) is 28.7 Å². The Hall–Kier alpha value is -3.65. The molecule has 0 aliphatic heterocycles. The number of hydrogen-bond acceptors (Lipinski definition) is 4. The highest BCUT2D eigenvalue weighted by atomic mass is 19.1. The molecule has 0 aromatic heterocycles. The molecular formula is C24H21FO4. The molecule has 0 saturated heterocycles. The number of esters is 2. The maximum atomic E-state index is 14.5. The molecule has 0 heterocycles. The van der Waals surface area contributed by atoms with Crippen LogP contribution in [0.15, 0.2) is 66.8 Å². The Morgan fingerprint density at radius 2 is 1.66 bits per heavy atom. The molecule has 0 spiro atoms. The van der Waals surface area contributed by atoms with Crippen molar-refractivity contribution in [3.05, 3.63) is 78.1 Å². The molecule has 0 atom stereocenters. The summed E-state index contributed by atoms with van der Waals surface area (Å²) in [6.07, 6.45) is 0.340. The first kappa shape index (κ1) is 21.6. The fourth-order valence-electron chi connectivity index (χ4n) is 2.21. The van der Waals surface area contributed by atoms with E-state index in [1.807, 2.05) is 0 Å². The molecule has 2 rings (SSSR count). The third kappa shape index (κ3) is 6.47. The van der Waals surface area contributed by atoms with Crippen molar-refractivity contribution in [1.29, 1.82) is 0 Å². The predicted molar refractivity (Wildman–Crippen MR) is 110 cm³/mol. The lowest BCUT2D eigenvalue weighted by Gasteiger charge is -2.07. The Balaban J connectivity index is 2.02. The lowest BCUT2D eigenvalue weighted by molar-refractivity contribution is -0.138. The fourth-order valence-corrected chi connectivity index (χ4v) is 2.21. The van der Waals surface area contributed by atoms with Gasteiger partial charge in [0.1, 0.15) is 18.2 Å². The summed E-state index contributed by atoms with van der Waals surface area (Å²) in [6, 6.07) is 11.2. The molecule has 0 aliphatic rings. The Bertz CT molecular complexity index is 1010. The standard InChI is InChI=1S/C24H21FO4/c1-16(2)23(26)28-14-6-5-7-18-8-13-21(22(25)15-18)19-9-11-20(12-10-19)29-24(27)17(3)4/h8-13,15H,1,3,6,14H2,2,4H3. The fraction of sp³-hybridized carbons (Fsp3) is 0.167. The van der Waals surface area contributed by atoms with Crippen molar-refractivity contribution in [1.82, 2.24) is 0 Å². The highest BCUT2D eigenvalue weighted by Gasteiger charge is 2.08. The maximum Gasteiger partial charge on any atom is 0.338 e. The molecule has 0 amide bonds. The second kappa shape index (κ2) is 10.0. The van der Waals surface area contributed by atoms with E-state index in [-0.39, 0.29) is 6.61 Å². The van der Waals surface area contributed by atoms with Crippen molar-refractivity contribution in [3.63, 3.8) is 0 Å². The van der Waals surface area contributed by atoms with E-state index in [4.69, 9.17) is 9.47 Å². The summed E-state index contributed by atoms with van der Waals surface area (Å²) in [5, 5.41) is 0. The summed E-state index contributed by atoms with van der Waals surface area (Å²) in [5.74, 6) is 4.65. The first-order chi connectivity index (χ1) is 13.8. The molecule has 0 fully saturated rings. The lowest BCUT2D eigenvalue weighted by atomic mass is 10.0. The minimum absolute atomic E-state index is 0.154. The van der Waals surface area contributed by atoms with Crippen LogP contribution in [-0.2, 0) is 14.3 Å². The van der Waals surface area contributed by atoms with Crippen molar-refractivity contribution < 1.29 is 23.5 Å². The minimum atomic E-state index is -0.513. The molecule has 29 heavy (non-hydrogen) atoms. The smallest absolute Gasteiger partial charge is 0.338 e. The molecule has 148 valence electrons. The number of rotatable bonds is 6. The van der Waals surface area contributed by atoms with Crippen molar-refractivity contribution in [2.45, 2.75) is 20.3 Å². The summed E-state index contributed by atoms with van der Waals surface area (Å²) in [6.45, 7) is 10.3. The van der Waals surface area contributed by atoms with Gasteiger partial charge in [0.25, 0.3) is 0 Å². The van der Waals surface area contributed by atoms with Crippen LogP contribution < -0.4 is 4.74 Å². The van der Waals surface area contributed by atoms with E-state index >= 15 is 0 Å². The van der Waals surface area contributed by atoms with E-state index in [2.05, 4.69) is 25.0 Å². The number of carbonyl (C=O) groups excluding carboxylic acids is 2. The van der Waals surface area contributed by atoms with Gasteiger partial charge in [-0.25, -0.2) is 14.0 Å². The molecule has 4 nitrogen and oxygen atoms in total. The summed E-state index contributed by atoms with van der Waals surface area (Å²) in [5.41, 5.74) is 2.19. The van der Waals surface area contributed by atoms with Crippen molar-refractivity contribution >= 4 is 11.9 Å². The van der Waals surface area contributed by atoms with Gasteiger partial charge >= 0.3 is 11.9 Å². The molecule has 0 unspecified atom stereocenters. The number of benzene rings is 2. The van der Waals surface area contributed by atoms with Crippen molar-refractivity contribution in [2.24, 2.45) is 0 Å². The molecule has 5 heteroatoms. The average Bonchev–Trinajstić information content (AvgIpc) is 2.68. The molecule has 0 radical (unpaired) electrons. The van der Waals surface area contributed by atoms with Crippen LogP contribution >= 0.6 is 0 Å². The van der Waals surface area contributed by atoms with Gasteiger partial charge in [-0.3, -0.25) is 0 Å². The van der Waals surface area contributed by atoms with E-state index in [0.29, 0.717) is 40.0 Å². The van der Waals surface area contributed by atoms with Crippen LogP contribution in [0, 0.1) is 17.7 Å². The number of halogens is 1. The van der Waals surface area contributed by atoms with Crippen LogP contribution in [0.25, 0.3) is 11.1 Å². The van der Waals surface area contributed by atoms with Gasteiger partial charge in [-0.15, -0.1) is 0 Å². The number of hydrogen-bond donors (Lipinski definition) is 0. The van der Waals surface area contributed by atoms with E-state index in [9.17, 15) is 14.0 Å². The number of carbonyl (C=O) groups is 2. The largest absolute Gasteiger partial charge is 0.461 e. The third-order valence-corrected chi connectivity index (χ3v) is 3.73. The Morgan fingerprint density at radius 1 is 1.00 bits per heavy atom. The zero-order chi connectivity index (χ0) is 21.4. The Labute approximate surface area is 169 Å². The van der Waals surface area contributed by atoms with Crippen LogP contribution in [-0.4, -0.2) is 18.5 Å². The van der Waals surface area contributed by atoms with Gasteiger partial charge in [0.05, 0.1) is 0 Å². The predicted octanol–water partition coefficient (Wildman–Crippen LogP) is 4.84. The zero-order valence-corrected chi connectivity index (χ0v) is 16.4. The first-order valence-corrected chi connectivity index (χ1v) is 8.87. The molecule has 0 N–H and O–H groups in total. The molecule has 0 aliphatic carbocycles. The van der Waals surface area contributed by atoms with Gasteiger partial charge in [-0.2, -0.15) is 0 Å². The highest BCUT2D eigenvalue weighted by Crippen LogP contribution is 2.26. The van der Waals surface area contributed by atoms with Crippen LogP contribution in [0.3, 0.4) is 0 Å². The maximum absolute atomic E-state index is 14.5. The Kier molecular flexibility index (Phi) is 7.50. The third-order valence-electron chi connectivity index (χ3n) is 3.73. The van der Waals surface area contributed by atoms with E-state index in [1.165, 1.54) is 6.07 Å². The van der Waals surface area contributed by atoms with Crippen LogP contribution in [0.1, 0.15) is 25.8 Å². The van der Waals surface area contributed by atoms with Gasteiger partial charge in [-0.05, 0) is 43.7 Å². The topological polar surface area (TPSA) is 52.6 Å². The molecular weight excluding hydrogens is 371 g/mol. The van der Waals surface area contributed by atoms with E-state index in [1.54, 1.807) is 50.2 Å². The van der Waals surface area contributed by atoms with Gasteiger partial charge in [0.2, 0.25) is 0 Å². The van der Waals surface area contributed by atoms with E-state index in [0.717, 1.165) is 0 Å². The summed E-state index contributed by atoms with van der Waals surface area (Å²) in [4.78, 5) is 22.8. The van der Waals surface area contributed by atoms with Gasteiger partial charge in [-0.1, -0.05) is 43.2 Å². The van der Waals surface area contributed by atoms with Crippen LogP contribution in [0.5, 0.6) is 5.75 Å². The minimum Gasteiger partial charge on any atom is -0.461 e. The highest BCUT2D eigenvalue weighted by molar-refractivity contribution is 5.88. The quantitative estimate of drug-likeness (QED) is 0.232. The first-order valence-electron chi connectivity index (χ1n) is 8.87. The van der Waals surface area contributed by atoms with Crippen LogP contribution in [0.2, 0.25) is 0 Å². The second-order valence-corrected chi connectivity index (χ2v) is 6.36. The lowest BCUT2D eigenvalue weighted by Crippen LogP contribution is -2.07. The normalized spacial score (nSPS) is 9.76.